The van der Waals surface area contributed by atoms with Crippen LogP contribution in [-0.2, 0) is 25.2 Å². The topological polar surface area (TPSA) is 123 Å². The van der Waals surface area contributed by atoms with E-state index in [9.17, 15) is 4.57 Å². The minimum Gasteiger partial charge on any atom is -0.413 e. The first-order valence-corrected chi connectivity index (χ1v) is 14.3. The lowest BCUT2D eigenvalue weighted by molar-refractivity contribution is 0.122. The fraction of sp³-hybridized carbons (Fsp3) is 0.385. The molecule has 4 rings (SSSR count). The average molecular weight is 562 g/mol. The SMILES string of the molecule is CCOCc1nc2c(N)nc3ccccc3c2n1[C@H](C)CO[P@@](=O)(N[C@@H](C)COC)Oc1ccc(Cl)cc1. The van der Waals surface area contributed by atoms with Crippen molar-refractivity contribution in [3.05, 3.63) is 59.4 Å². The summed E-state index contributed by atoms with van der Waals surface area (Å²) in [6.45, 7) is 6.85. The molecule has 4 aromatic rings. The normalized spacial score (nSPS) is 15.0. The standard InChI is InChI=1S/C26H33ClN5O5P/c1-5-35-16-23-30-24-25(21-8-6-7-9-22(21)29-26(24)28)32(23)18(3)15-36-38(33,31-17(2)14-34-4)37-20-12-10-19(27)11-13-20/h6-13,17-18H,5,14-16H2,1-4H3,(H2,28,29)(H,31,33)/t17-,18+,38-/m0/s1. The van der Waals surface area contributed by atoms with Crippen LogP contribution < -0.4 is 15.3 Å². The van der Waals surface area contributed by atoms with E-state index in [-0.39, 0.29) is 25.3 Å². The Morgan fingerprint density at radius 3 is 2.55 bits per heavy atom. The molecule has 3 atom stereocenters. The highest BCUT2D eigenvalue weighted by atomic mass is 35.5. The Hall–Kier alpha value is -2.72. The molecule has 0 saturated carbocycles. The van der Waals surface area contributed by atoms with Gasteiger partial charge >= 0.3 is 7.75 Å². The molecule has 38 heavy (non-hydrogen) atoms. The van der Waals surface area contributed by atoms with E-state index in [0.717, 1.165) is 16.4 Å². The molecule has 0 amide bonds. The minimum atomic E-state index is -3.83. The molecule has 12 heteroatoms. The number of imidazole rings is 1. The number of hydrogen-bond donors (Lipinski definition) is 2. The summed E-state index contributed by atoms with van der Waals surface area (Å²) in [5.41, 5.74) is 8.45. The van der Waals surface area contributed by atoms with Gasteiger partial charge in [0.25, 0.3) is 0 Å². The van der Waals surface area contributed by atoms with Gasteiger partial charge in [0, 0.05) is 30.2 Å². The Kier molecular flexibility index (Phi) is 9.25. The lowest BCUT2D eigenvalue weighted by atomic mass is 10.1. The van der Waals surface area contributed by atoms with E-state index in [1.54, 1.807) is 31.4 Å². The predicted molar refractivity (Wildman–Crippen MR) is 150 cm³/mol. The Bertz CT molecular complexity index is 1430. The Morgan fingerprint density at radius 1 is 1.11 bits per heavy atom. The Morgan fingerprint density at radius 2 is 1.84 bits per heavy atom. The van der Waals surface area contributed by atoms with Gasteiger partial charge in [0.1, 0.15) is 23.7 Å². The number of nitrogen functional groups attached to an aromatic ring is 1. The molecule has 0 spiro atoms. The molecule has 2 aromatic heterocycles. The summed E-state index contributed by atoms with van der Waals surface area (Å²) in [6.07, 6.45) is 0. The first kappa shape index (κ1) is 28.3. The lowest BCUT2D eigenvalue weighted by Crippen LogP contribution is -2.31. The van der Waals surface area contributed by atoms with Crippen molar-refractivity contribution in [1.29, 1.82) is 0 Å². The summed E-state index contributed by atoms with van der Waals surface area (Å²) >= 11 is 6.00. The van der Waals surface area contributed by atoms with Crippen molar-refractivity contribution >= 4 is 47.1 Å². The number of hydrogen-bond acceptors (Lipinski definition) is 8. The van der Waals surface area contributed by atoms with E-state index in [2.05, 4.69) is 10.1 Å². The molecule has 0 radical (unpaired) electrons. The number of anilines is 1. The van der Waals surface area contributed by atoms with Crippen LogP contribution in [0.3, 0.4) is 0 Å². The molecule has 3 N–H and O–H groups in total. The number of rotatable bonds is 13. The lowest BCUT2D eigenvalue weighted by Gasteiger charge is -2.25. The second-order valence-electron chi connectivity index (χ2n) is 8.92. The molecule has 2 heterocycles. The quantitative estimate of drug-likeness (QED) is 0.196. The van der Waals surface area contributed by atoms with E-state index < -0.39 is 7.75 Å². The van der Waals surface area contributed by atoms with Crippen molar-refractivity contribution in [1.82, 2.24) is 19.6 Å². The zero-order valence-corrected chi connectivity index (χ0v) is 23.5. The molecule has 10 nitrogen and oxygen atoms in total. The van der Waals surface area contributed by atoms with E-state index in [4.69, 9.17) is 40.8 Å². The molecule has 0 aliphatic carbocycles. The fourth-order valence-corrected chi connectivity index (χ4v) is 5.93. The molecular formula is C26H33ClN5O5P. The third-order valence-electron chi connectivity index (χ3n) is 5.82. The average Bonchev–Trinajstić information content (AvgIpc) is 3.28. The molecule has 0 unspecified atom stereocenters. The van der Waals surface area contributed by atoms with Gasteiger partial charge in [-0.05, 0) is 51.1 Å². The van der Waals surface area contributed by atoms with Gasteiger partial charge in [0.15, 0.2) is 5.82 Å². The van der Waals surface area contributed by atoms with Gasteiger partial charge in [-0.1, -0.05) is 29.8 Å². The van der Waals surface area contributed by atoms with Gasteiger partial charge in [-0.25, -0.2) is 19.6 Å². The second kappa shape index (κ2) is 12.4. The first-order valence-electron chi connectivity index (χ1n) is 12.3. The maximum absolute atomic E-state index is 13.9. The number of benzene rings is 2. The molecular weight excluding hydrogens is 529 g/mol. The smallest absolute Gasteiger partial charge is 0.413 e. The number of nitrogens with one attached hydrogen (secondary N) is 1. The number of nitrogens with zero attached hydrogens (tertiary/aromatic N) is 3. The Labute approximate surface area is 227 Å². The van der Waals surface area contributed by atoms with E-state index >= 15 is 0 Å². The van der Waals surface area contributed by atoms with Crippen LogP contribution in [0.1, 0.15) is 32.6 Å². The third kappa shape index (κ3) is 6.46. The summed E-state index contributed by atoms with van der Waals surface area (Å²) in [5.74, 6) is 1.35. The van der Waals surface area contributed by atoms with Gasteiger partial charge in [0.05, 0.1) is 30.3 Å². The van der Waals surface area contributed by atoms with E-state index in [1.165, 1.54) is 0 Å². The largest absolute Gasteiger partial charge is 0.459 e. The van der Waals surface area contributed by atoms with Crippen molar-refractivity contribution in [3.63, 3.8) is 0 Å². The number of aromatic nitrogens is 3. The molecule has 204 valence electrons. The van der Waals surface area contributed by atoms with Crippen LogP contribution >= 0.6 is 19.3 Å². The number of nitrogens with two attached hydrogens (primary N) is 1. The molecule has 2 aromatic carbocycles. The summed E-state index contributed by atoms with van der Waals surface area (Å²) in [7, 11) is -2.26. The highest BCUT2D eigenvalue weighted by molar-refractivity contribution is 7.52. The summed E-state index contributed by atoms with van der Waals surface area (Å²) in [6, 6.07) is 13.7. The number of halogens is 1. The monoisotopic (exact) mass is 561 g/mol. The fourth-order valence-electron chi connectivity index (χ4n) is 4.20. The minimum absolute atomic E-state index is 0.0404. The van der Waals surface area contributed by atoms with Crippen LogP contribution in [0.25, 0.3) is 21.9 Å². The van der Waals surface area contributed by atoms with Crippen molar-refractivity contribution in [2.75, 3.05) is 32.7 Å². The van der Waals surface area contributed by atoms with Gasteiger partial charge < -0.3 is 24.3 Å². The van der Waals surface area contributed by atoms with Crippen molar-refractivity contribution in [2.45, 2.75) is 39.5 Å². The second-order valence-corrected chi connectivity index (χ2v) is 11.0. The van der Waals surface area contributed by atoms with Gasteiger partial charge in [-0.3, -0.25) is 4.52 Å². The zero-order chi connectivity index (χ0) is 27.3. The van der Waals surface area contributed by atoms with Crippen LogP contribution in [0.2, 0.25) is 5.02 Å². The summed E-state index contributed by atoms with van der Waals surface area (Å²) in [4.78, 5) is 9.28. The molecule has 0 fully saturated rings. The third-order valence-corrected chi connectivity index (χ3v) is 7.77. The van der Waals surface area contributed by atoms with Gasteiger partial charge in [0.2, 0.25) is 0 Å². The van der Waals surface area contributed by atoms with Crippen molar-refractivity contribution < 1.29 is 23.1 Å². The van der Waals surface area contributed by atoms with Gasteiger partial charge in [-0.2, -0.15) is 0 Å². The van der Waals surface area contributed by atoms with E-state index in [0.29, 0.717) is 41.1 Å². The molecule has 0 aliphatic rings. The first-order chi connectivity index (χ1) is 18.2. The van der Waals surface area contributed by atoms with Crippen LogP contribution in [-0.4, -0.2) is 47.5 Å². The number of ether oxygens (including phenoxy) is 2. The molecule has 0 saturated heterocycles. The van der Waals surface area contributed by atoms with Crippen LogP contribution in [0.15, 0.2) is 48.5 Å². The number of para-hydroxylation sites is 1. The predicted octanol–water partition coefficient (Wildman–Crippen LogP) is 5.75. The summed E-state index contributed by atoms with van der Waals surface area (Å²) < 4.78 is 38.7. The number of methoxy groups -OCH3 is 1. The van der Waals surface area contributed by atoms with Crippen LogP contribution in [0.5, 0.6) is 5.75 Å². The molecule has 0 aliphatic heterocycles. The molecule has 0 bridgehead atoms. The highest BCUT2D eigenvalue weighted by Crippen LogP contribution is 2.46. The van der Waals surface area contributed by atoms with Crippen molar-refractivity contribution in [3.8, 4) is 5.75 Å². The Balaban J connectivity index is 1.69. The zero-order valence-electron chi connectivity index (χ0n) is 21.9. The van der Waals surface area contributed by atoms with Gasteiger partial charge in [-0.15, -0.1) is 0 Å². The number of pyridine rings is 1. The number of fused-ring (bicyclic) bond motifs is 3. The van der Waals surface area contributed by atoms with Crippen LogP contribution in [0, 0.1) is 0 Å². The van der Waals surface area contributed by atoms with Crippen LogP contribution in [0.4, 0.5) is 5.82 Å². The maximum Gasteiger partial charge on any atom is 0.459 e. The summed E-state index contributed by atoms with van der Waals surface area (Å²) in [5, 5.41) is 4.39. The highest BCUT2D eigenvalue weighted by Gasteiger charge is 2.31. The van der Waals surface area contributed by atoms with E-state index in [1.807, 2.05) is 49.6 Å². The maximum atomic E-state index is 13.9. The van der Waals surface area contributed by atoms with Crippen molar-refractivity contribution in [2.24, 2.45) is 0 Å².